The maximum Gasteiger partial charge on any atom is 0.328 e. The van der Waals surface area contributed by atoms with E-state index in [0.717, 1.165) is 16.9 Å². The number of hydrogen-bond acceptors (Lipinski definition) is 4. The molecule has 2 N–H and O–H groups in total. The minimum Gasteiger partial charge on any atom is -0.497 e. The molecule has 2 atom stereocenters. The Bertz CT molecular complexity index is 886. The van der Waals surface area contributed by atoms with Crippen molar-refractivity contribution in [2.24, 2.45) is 5.92 Å². The summed E-state index contributed by atoms with van der Waals surface area (Å²) in [6.45, 7) is 1.32. The third kappa shape index (κ3) is 4.51. The van der Waals surface area contributed by atoms with Crippen molar-refractivity contribution in [2.45, 2.75) is 12.3 Å². The molecular weight excluding hydrogens is 370 g/mol. The number of rotatable bonds is 5. The summed E-state index contributed by atoms with van der Waals surface area (Å²) in [6, 6.07) is 14.7. The van der Waals surface area contributed by atoms with E-state index in [9.17, 15) is 14.7 Å². The topological polar surface area (TPSA) is 82.1 Å². The second kappa shape index (κ2) is 8.96. The van der Waals surface area contributed by atoms with Crippen LogP contribution >= 0.6 is 0 Å². The largest absolute Gasteiger partial charge is 0.497 e. The van der Waals surface area contributed by atoms with Gasteiger partial charge in [-0.15, -0.1) is 0 Å². The van der Waals surface area contributed by atoms with E-state index in [1.807, 2.05) is 42.5 Å². The summed E-state index contributed by atoms with van der Waals surface area (Å²) in [5.74, 6) is -0.645. The van der Waals surface area contributed by atoms with Gasteiger partial charge in [0, 0.05) is 44.0 Å². The molecule has 0 bridgehead atoms. The van der Waals surface area contributed by atoms with Crippen LogP contribution in [0, 0.1) is 5.92 Å². The van der Waals surface area contributed by atoms with Crippen LogP contribution in [0.2, 0.25) is 0 Å². The number of hydrogen-bond donors (Lipinski definition) is 2. The Labute approximate surface area is 170 Å². The van der Waals surface area contributed by atoms with Crippen molar-refractivity contribution in [3.63, 3.8) is 0 Å². The number of nitrogens with zero attached hydrogens (tertiary/aromatic N) is 2. The lowest BCUT2D eigenvalue weighted by molar-refractivity contribution is -0.143. The van der Waals surface area contributed by atoms with Gasteiger partial charge in [-0.2, -0.15) is 0 Å². The van der Waals surface area contributed by atoms with Crippen LogP contribution in [0.4, 0.5) is 16.2 Å². The normalized spacial score (nSPS) is 18.7. The maximum atomic E-state index is 13.0. The van der Waals surface area contributed by atoms with Gasteiger partial charge in [0.25, 0.3) is 0 Å². The summed E-state index contributed by atoms with van der Waals surface area (Å²) in [5, 5.41) is 12.8. The number of carboxylic acids is 1. The Morgan fingerprint density at radius 3 is 2.38 bits per heavy atom. The second-order valence-electron chi connectivity index (χ2n) is 7.24. The molecule has 1 heterocycles. The first-order valence-electron chi connectivity index (χ1n) is 9.61. The molecule has 0 aromatic heterocycles. The van der Waals surface area contributed by atoms with Crippen LogP contribution in [0.3, 0.4) is 0 Å². The summed E-state index contributed by atoms with van der Waals surface area (Å²) >= 11 is 0. The van der Waals surface area contributed by atoms with Crippen LogP contribution in [0.5, 0.6) is 5.75 Å². The van der Waals surface area contributed by atoms with Crippen molar-refractivity contribution in [1.82, 2.24) is 5.32 Å². The van der Waals surface area contributed by atoms with Gasteiger partial charge < -0.3 is 15.2 Å². The highest BCUT2D eigenvalue weighted by Crippen LogP contribution is 2.32. The number of aliphatic carboxylic acids is 1. The first-order chi connectivity index (χ1) is 13.9. The first kappa shape index (κ1) is 20.7. The zero-order valence-corrected chi connectivity index (χ0v) is 17.0. The van der Waals surface area contributed by atoms with E-state index in [1.165, 1.54) is 0 Å². The molecule has 3 rings (SSSR count). The molecule has 7 heteroatoms. The van der Waals surface area contributed by atoms with Gasteiger partial charge in [0.15, 0.2) is 0 Å². The molecule has 1 aliphatic rings. The molecule has 1 aliphatic heterocycles. The number of methoxy groups -OCH3 is 1. The van der Waals surface area contributed by atoms with Gasteiger partial charge in [0.05, 0.1) is 13.0 Å². The third-order valence-corrected chi connectivity index (χ3v) is 5.50. The molecule has 1 fully saturated rings. The lowest BCUT2D eigenvalue weighted by Gasteiger charge is -2.31. The predicted molar refractivity (Wildman–Crippen MR) is 113 cm³/mol. The highest BCUT2D eigenvalue weighted by atomic mass is 16.5. The number of ether oxygens (including phenoxy) is 1. The average molecular weight is 397 g/mol. The molecule has 2 aromatic rings. The molecule has 1 saturated heterocycles. The molecule has 7 nitrogen and oxygen atoms in total. The molecule has 154 valence electrons. The van der Waals surface area contributed by atoms with Crippen LogP contribution in [0.1, 0.15) is 17.9 Å². The minimum absolute atomic E-state index is 0.124. The third-order valence-electron chi connectivity index (χ3n) is 5.50. The van der Waals surface area contributed by atoms with E-state index in [-0.39, 0.29) is 11.9 Å². The molecular formula is C22H27N3O4. The van der Waals surface area contributed by atoms with Crippen molar-refractivity contribution < 1.29 is 19.4 Å². The monoisotopic (exact) mass is 397 g/mol. The molecule has 0 spiro atoms. The van der Waals surface area contributed by atoms with Crippen LogP contribution in [0.25, 0.3) is 0 Å². The average Bonchev–Trinajstić information content (AvgIpc) is 2.77. The van der Waals surface area contributed by atoms with E-state index in [1.54, 1.807) is 37.1 Å². The van der Waals surface area contributed by atoms with Gasteiger partial charge in [0.1, 0.15) is 5.75 Å². The van der Waals surface area contributed by atoms with Crippen LogP contribution < -0.4 is 19.9 Å². The summed E-state index contributed by atoms with van der Waals surface area (Å²) in [6.07, 6.45) is 0.595. The number of carboxylic acid groups (broad SMARTS) is 1. The number of urea groups is 1. The van der Waals surface area contributed by atoms with E-state index < -0.39 is 11.9 Å². The zero-order valence-electron chi connectivity index (χ0n) is 17.0. The highest BCUT2D eigenvalue weighted by Gasteiger charge is 2.32. The molecule has 2 unspecified atom stereocenters. The fraction of sp³-hybridized carbons (Fsp3) is 0.364. The van der Waals surface area contributed by atoms with Crippen molar-refractivity contribution in [3.05, 3.63) is 54.1 Å². The lowest BCUT2D eigenvalue weighted by atomic mass is 9.81. The van der Waals surface area contributed by atoms with Crippen molar-refractivity contribution in [1.29, 1.82) is 0 Å². The fourth-order valence-electron chi connectivity index (χ4n) is 3.73. The van der Waals surface area contributed by atoms with E-state index in [2.05, 4.69) is 5.32 Å². The van der Waals surface area contributed by atoms with Gasteiger partial charge in [-0.05, 0) is 42.8 Å². The van der Waals surface area contributed by atoms with Crippen LogP contribution in [-0.4, -0.2) is 51.4 Å². The number of carbonyl (C=O) groups excluding carboxylic acids is 1. The number of carbonyl (C=O) groups is 2. The molecule has 29 heavy (non-hydrogen) atoms. The number of anilines is 2. The van der Waals surface area contributed by atoms with Gasteiger partial charge in [-0.1, -0.05) is 18.2 Å². The number of benzene rings is 2. The standard InChI is InChI=1S/C22H27N3O4/c1-24(22(28)25(2)17-8-5-9-18(13-17)29-3)16-7-4-6-15(12-16)20-14-23-11-10-19(20)21(26)27/h4-9,12-13,19-20,23H,10-11,14H2,1-3H3,(H,26,27). The van der Waals surface area contributed by atoms with Crippen LogP contribution in [-0.2, 0) is 4.79 Å². The fourth-order valence-corrected chi connectivity index (χ4v) is 3.73. The van der Waals surface area contributed by atoms with E-state index >= 15 is 0 Å². The first-order valence-corrected chi connectivity index (χ1v) is 9.61. The second-order valence-corrected chi connectivity index (χ2v) is 7.24. The van der Waals surface area contributed by atoms with Crippen molar-refractivity contribution in [3.8, 4) is 5.75 Å². The van der Waals surface area contributed by atoms with E-state index in [0.29, 0.717) is 25.3 Å². The molecule has 0 aliphatic carbocycles. The number of amides is 2. The highest BCUT2D eigenvalue weighted by molar-refractivity contribution is 6.03. The van der Waals surface area contributed by atoms with Crippen molar-refractivity contribution >= 4 is 23.4 Å². The lowest BCUT2D eigenvalue weighted by Crippen LogP contribution is -2.40. The molecule has 2 aromatic carbocycles. The molecule has 0 radical (unpaired) electrons. The van der Waals surface area contributed by atoms with Crippen LogP contribution in [0.15, 0.2) is 48.5 Å². The van der Waals surface area contributed by atoms with Crippen molar-refractivity contribution in [2.75, 3.05) is 44.1 Å². The molecule has 0 saturated carbocycles. The Hall–Kier alpha value is -3.06. The molecule has 2 amide bonds. The summed E-state index contributed by atoms with van der Waals surface area (Å²) in [4.78, 5) is 27.8. The Morgan fingerprint density at radius 1 is 1.07 bits per heavy atom. The van der Waals surface area contributed by atoms with Gasteiger partial charge in [-0.3, -0.25) is 14.6 Å². The Balaban J connectivity index is 1.82. The van der Waals surface area contributed by atoms with E-state index in [4.69, 9.17) is 4.74 Å². The Kier molecular flexibility index (Phi) is 6.39. The number of nitrogens with one attached hydrogen (secondary N) is 1. The maximum absolute atomic E-state index is 13.0. The predicted octanol–water partition coefficient (Wildman–Crippen LogP) is 3.17. The summed E-state index contributed by atoms with van der Waals surface area (Å²) in [5.41, 5.74) is 2.36. The minimum atomic E-state index is -0.774. The smallest absolute Gasteiger partial charge is 0.328 e. The number of piperidine rings is 1. The Morgan fingerprint density at radius 2 is 1.72 bits per heavy atom. The van der Waals surface area contributed by atoms with Gasteiger partial charge in [-0.25, -0.2) is 4.79 Å². The quantitative estimate of drug-likeness (QED) is 0.810. The van der Waals surface area contributed by atoms with Gasteiger partial charge in [0.2, 0.25) is 0 Å². The van der Waals surface area contributed by atoms with Gasteiger partial charge >= 0.3 is 12.0 Å². The SMILES string of the molecule is COc1cccc(N(C)C(=O)N(C)c2cccc(C3CNCCC3C(=O)O)c2)c1. The summed E-state index contributed by atoms with van der Waals surface area (Å²) in [7, 11) is 5.01. The summed E-state index contributed by atoms with van der Waals surface area (Å²) < 4.78 is 5.24. The zero-order chi connectivity index (χ0) is 21.0.